The maximum atomic E-state index is 12.1. The van der Waals surface area contributed by atoms with Crippen LogP contribution >= 0.6 is 0 Å². The molecule has 5 nitrogen and oxygen atoms in total. The topological polar surface area (TPSA) is 70.7 Å². The minimum atomic E-state index is -0.213. The van der Waals surface area contributed by atoms with Crippen molar-refractivity contribution in [2.24, 2.45) is 7.05 Å². The van der Waals surface area contributed by atoms with E-state index in [-0.39, 0.29) is 5.91 Å². The summed E-state index contributed by atoms with van der Waals surface area (Å²) in [6.07, 6.45) is 0. The molecule has 0 aliphatic rings. The summed E-state index contributed by atoms with van der Waals surface area (Å²) in [5.41, 5.74) is 2.67. The Morgan fingerprint density at radius 2 is 2.00 bits per heavy atom. The van der Waals surface area contributed by atoms with Crippen molar-refractivity contribution in [3.63, 3.8) is 0 Å². The zero-order valence-corrected chi connectivity index (χ0v) is 11.4. The number of fused-ring (bicyclic) bond motifs is 1. The maximum absolute atomic E-state index is 12.1. The van der Waals surface area contributed by atoms with Crippen molar-refractivity contribution in [2.75, 3.05) is 5.32 Å². The molecule has 0 bridgehead atoms. The Morgan fingerprint density at radius 3 is 2.71 bits per heavy atom. The number of carbonyl (C=O) groups excluding carboxylic acids is 1. The van der Waals surface area contributed by atoms with E-state index < -0.39 is 0 Å². The number of nitrogens with zero attached hydrogens (tertiary/aromatic N) is 3. The van der Waals surface area contributed by atoms with Crippen molar-refractivity contribution >= 4 is 22.9 Å². The number of carbonyl (C=O) groups is 1. The summed E-state index contributed by atoms with van der Waals surface area (Å²) < 4.78 is 1.76. The number of amides is 1. The second kappa shape index (κ2) is 5.10. The van der Waals surface area contributed by atoms with Crippen LogP contribution < -0.4 is 5.32 Å². The van der Waals surface area contributed by atoms with Gasteiger partial charge in [-0.15, -0.1) is 0 Å². The fourth-order valence-electron chi connectivity index (χ4n) is 2.13. The summed E-state index contributed by atoms with van der Waals surface area (Å²) >= 11 is 0. The lowest BCUT2D eigenvalue weighted by Crippen LogP contribution is -2.14. The predicted molar refractivity (Wildman–Crippen MR) is 79.8 cm³/mol. The smallest absolute Gasteiger partial charge is 0.257 e. The van der Waals surface area contributed by atoms with Crippen LogP contribution in [0.1, 0.15) is 15.9 Å². The normalized spacial score (nSPS) is 10.3. The van der Waals surface area contributed by atoms with Gasteiger partial charge < -0.3 is 4.57 Å². The Labute approximate surface area is 121 Å². The van der Waals surface area contributed by atoms with Gasteiger partial charge in [0.05, 0.1) is 22.7 Å². The van der Waals surface area contributed by atoms with E-state index in [1.54, 1.807) is 41.9 Å². The lowest BCUT2D eigenvalue weighted by atomic mass is 10.2. The Balaban J connectivity index is 1.97. The molecular formula is C16H12N4O. The Morgan fingerprint density at radius 1 is 1.24 bits per heavy atom. The molecule has 1 N–H and O–H groups in total. The van der Waals surface area contributed by atoms with Crippen LogP contribution in [0, 0.1) is 11.3 Å². The standard InChI is InChI=1S/C16H12N4O/c1-20-14-9-11(10-17)7-8-13(14)18-16(20)19-15(21)12-5-3-2-4-6-12/h2-9H,1H3,(H,18,19,21). The fraction of sp³-hybridized carbons (Fsp3) is 0.0625. The SMILES string of the molecule is Cn1c(NC(=O)c2ccccc2)nc2ccc(C#N)cc21. The average Bonchev–Trinajstić information content (AvgIpc) is 2.84. The van der Waals surface area contributed by atoms with Gasteiger partial charge in [0.15, 0.2) is 0 Å². The second-order valence-electron chi connectivity index (χ2n) is 4.63. The molecule has 3 rings (SSSR count). The molecule has 0 saturated heterocycles. The molecule has 0 aliphatic carbocycles. The zero-order chi connectivity index (χ0) is 14.8. The number of imidazole rings is 1. The number of benzene rings is 2. The summed E-state index contributed by atoms with van der Waals surface area (Å²) in [4.78, 5) is 16.5. The predicted octanol–water partition coefficient (Wildman–Crippen LogP) is 2.70. The van der Waals surface area contributed by atoms with Gasteiger partial charge in [-0.3, -0.25) is 10.1 Å². The monoisotopic (exact) mass is 276 g/mol. The molecule has 1 heterocycles. The van der Waals surface area contributed by atoms with Gasteiger partial charge in [-0.2, -0.15) is 5.26 Å². The molecule has 0 spiro atoms. The van der Waals surface area contributed by atoms with E-state index in [1.165, 1.54) is 0 Å². The maximum Gasteiger partial charge on any atom is 0.257 e. The third-order valence-corrected chi connectivity index (χ3v) is 3.27. The molecule has 0 saturated carbocycles. The largest absolute Gasteiger partial charge is 0.313 e. The van der Waals surface area contributed by atoms with Crippen LogP contribution in [0.25, 0.3) is 11.0 Å². The number of aryl methyl sites for hydroxylation is 1. The minimum absolute atomic E-state index is 0.213. The summed E-state index contributed by atoms with van der Waals surface area (Å²) in [5.74, 6) is 0.239. The Kier molecular flexibility index (Phi) is 3.13. The van der Waals surface area contributed by atoms with E-state index in [0.717, 1.165) is 11.0 Å². The summed E-state index contributed by atoms with van der Waals surface area (Å²) in [7, 11) is 1.80. The first kappa shape index (κ1) is 12.9. The second-order valence-corrected chi connectivity index (χ2v) is 4.63. The van der Waals surface area contributed by atoms with Gasteiger partial charge in [0, 0.05) is 12.6 Å². The van der Waals surface area contributed by atoms with Gasteiger partial charge in [0.1, 0.15) is 0 Å². The van der Waals surface area contributed by atoms with Crippen LogP contribution in [0.2, 0.25) is 0 Å². The number of hydrogen-bond donors (Lipinski definition) is 1. The van der Waals surface area contributed by atoms with Gasteiger partial charge in [0.25, 0.3) is 5.91 Å². The molecule has 0 aliphatic heterocycles. The quantitative estimate of drug-likeness (QED) is 0.782. The van der Waals surface area contributed by atoms with Crippen molar-refractivity contribution < 1.29 is 4.79 Å². The molecule has 2 aromatic carbocycles. The number of nitrogens with one attached hydrogen (secondary N) is 1. The van der Waals surface area contributed by atoms with Gasteiger partial charge in [0.2, 0.25) is 5.95 Å². The Hall–Kier alpha value is -3.13. The van der Waals surface area contributed by atoms with Gasteiger partial charge in [-0.05, 0) is 30.3 Å². The van der Waals surface area contributed by atoms with Crippen LogP contribution in [0.4, 0.5) is 5.95 Å². The van der Waals surface area contributed by atoms with E-state index in [1.807, 2.05) is 18.2 Å². The van der Waals surface area contributed by atoms with Crippen LogP contribution in [-0.2, 0) is 7.05 Å². The molecule has 0 atom stereocenters. The van der Waals surface area contributed by atoms with Crippen molar-refractivity contribution in [1.29, 1.82) is 5.26 Å². The highest BCUT2D eigenvalue weighted by atomic mass is 16.1. The first-order chi connectivity index (χ1) is 10.2. The molecule has 1 amide bonds. The molecule has 5 heteroatoms. The minimum Gasteiger partial charge on any atom is -0.313 e. The van der Waals surface area contributed by atoms with Gasteiger partial charge in [-0.25, -0.2) is 4.98 Å². The number of hydrogen-bond acceptors (Lipinski definition) is 3. The summed E-state index contributed by atoms with van der Waals surface area (Å²) in [6, 6.07) is 16.3. The lowest BCUT2D eigenvalue weighted by molar-refractivity contribution is 0.102. The van der Waals surface area contributed by atoms with Crippen LogP contribution in [0.3, 0.4) is 0 Å². The first-order valence-corrected chi connectivity index (χ1v) is 6.42. The van der Waals surface area contributed by atoms with Crippen molar-refractivity contribution in [3.8, 4) is 6.07 Å². The molecule has 3 aromatic rings. The number of nitriles is 1. The zero-order valence-electron chi connectivity index (χ0n) is 11.4. The molecule has 21 heavy (non-hydrogen) atoms. The van der Waals surface area contributed by atoms with Crippen LogP contribution in [0.15, 0.2) is 48.5 Å². The summed E-state index contributed by atoms with van der Waals surface area (Å²) in [6.45, 7) is 0. The number of aromatic nitrogens is 2. The third-order valence-electron chi connectivity index (χ3n) is 3.27. The molecular weight excluding hydrogens is 264 g/mol. The van der Waals surface area contributed by atoms with Crippen LogP contribution in [-0.4, -0.2) is 15.5 Å². The summed E-state index contributed by atoms with van der Waals surface area (Å²) in [5, 5.41) is 11.7. The van der Waals surface area contributed by atoms with Crippen molar-refractivity contribution in [2.45, 2.75) is 0 Å². The first-order valence-electron chi connectivity index (χ1n) is 6.42. The molecule has 1 aromatic heterocycles. The van der Waals surface area contributed by atoms with Gasteiger partial charge in [-0.1, -0.05) is 18.2 Å². The Bertz CT molecular complexity index is 859. The van der Waals surface area contributed by atoms with Crippen molar-refractivity contribution in [1.82, 2.24) is 9.55 Å². The van der Waals surface area contributed by atoms with E-state index in [4.69, 9.17) is 5.26 Å². The van der Waals surface area contributed by atoms with Crippen LogP contribution in [0.5, 0.6) is 0 Å². The van der Waals surface area contributed by atoms with Gasteiger partial charge >= 0.3 is 0 Å². The molecule has 0 fully saturated rings. The third kappa shape index (κ3) is 2.35. The van der Waals surface area contributed by atoms with E-state index in [2.05, 4.69) is 16.4 Å². The highest BCUT2D eigenvalue weighted by Gasteiger charge is 2.12. The average molecular weight is 276 g/mol. The van der Waals surface area contributed by atoms with E-state index in [0.29, 0.717) is 17.1 Å². The lowest BCUT2D eigenvalue weighted by Gasteiger charge is -2.04. The molecule has 0 radical (unpaired) electrons. The highest BCUT2D eigenvalue weighted by molar-refractivity contribution is 6.04. The highest BCUT2D eigenvalue weighted by Crippen LogP contribution is 2.20. The van der Waals surface area contributed by atoms with E-state index in [9.17, 15) is 4.79 Å². The number of anilines is 1. The van der Waals surface area contributed by atoms with Crippen molar-refractivity contribution in [3.05, 3.63) is 59.7 Å². The fourth-order valence-corrected chi connectivity index (χ4v) is 2.13. The van der Waals surface area contributed by atoms with E-state index >= 15 is 0 Å². The molecule has 102 valence electrons. The molecule has 0 unspecified atom stereocenters. The number of rotatable bonds is 2.